The third-order valence-corrected chi connectivity index (χ3v) is 3.79. The summed E-state index contributed by atoms with van der Waals surface area (Å²) in [6, 6.07) is 0.632. The lowest BCUT2D eigenvalue weighted by Crippen LogP contribution is -2.46. The summed E-state index contributed by atoms with van der Waals surface area (Å²) >= 11 is 2.05. The van der Waals surface area contributed by atoms with Crippen LogP contribution in [-0.4, -0.2) is 24.1 Å². The maximum absolute atomic E-state index is 3.52. The van der Waals surface area contributed by atoms with E-state index in [-0.39, 0.29) is 0 Å². The van der Waals surface area contributed by atoms with Gasteiger partial charge in [-0.15, -0.1) is 5.92 Å². The van der Waals surface area contributed by atoms with E-state index < -0.39 is 0 Å². The van der Waals surface area contributed by atoms with Gasteiger partial charge in [-0.25, -0.2) is 0 Å². The molecule has 2 heteroatoms. The number of hydrogen-bond acceptors (Lipinski definition) is 2. The Hall–Kier alpha value is -0.130. The molecule has 0 radical (unpaired) electrons. The minimum Gasteiger partial charge on any atom is -0.302 e. The Kier molecular flexibility index (Phi) is 4.15. The molecule has 0 aliphatic carbocycles. The van der Waals surface area contributed by atoms with Crippen LogP contribution < -0.4 is 5.32 Å². The minimum atomic E-state index is 0.445. The van der Waals surface area contributed by atoms with Crippen molar-refractivity contribution in [1.82, 2.24) is 5.32 Å². The zero-order valence-electron chi connectivity index (χ0n) is 8.81. The predicted molar refractivity (Wildman–Crippen MR) is 61.0 cm³/mol. The van der Waals surface area contributed by atoms with Gasteiger partial charge in [0.15, 0.2) is 0 Å². The van der Waals surface area contributed by atoms with E-state index >= 15 is 0 Å². The Morgan fingerprint density at radius 1 is 1.54 bits per heavy atom. The van der Waals surface area contributed by atoms with Crippen LogP contribution in [0.25, 0.3) is 0 Å². The fourth-order valence-corrected chi connectivity index (χ4v) is 3.18. The monoisotopic (exact) mass is 197 g/mol. The summed E-state index contributed by atoms with van der Waals surface area (Å²) in [5.41, 5.74) is 0.445. The fourth-order valence-electron chi connectivity index (χ4n) is 1.53. The van der Waals surface area contributed by atoms with Crippen molar-refractivity contribution in [3.05, 3.63) is 0 Å². The third-order valence-electron chi connectivity index (χ3n) is 2.73. The van der Waals surface area contributed by atoms with E-state index in [1.54, 1.807) is 0 Å². The summed E-state index contributed by atoms with van der Waals surface area (Å²) in [5.74, 6) is 8.52. The van der Waals surface area contributed by atoms with Crippen LogP contribution in [0.15, 0.2) is 0 Å². The second kappa shape index (κ2) is 4.93. The van der Waals surface area contributed by atoms with Gasteiger partial charge in [0.05, 0.1) is 6.54 Å². The lowest BCUT2D eigenvalue weighted by atomic mass is 9.82. The summed E-state index contributed by atoms with van der Waals surface area (Å²) < 4.78 is 0. The van der Waals surface area contributed by atoms with Crippen molar-refractivity contribution in [2.75, 3.05) is 18.1 Å². The van der Waals surface area contributed by atoms with Gasteiger partial charge in [-0.2, -0.15) is 11.8 Å². The molecule has 1 saturated heterocycles. The van der Waals surface area contributed by atoms with E-state index in [4.69, 9.17) is 0 Å². The molecular formula is C11H19NS. The summed E-state index contributed by atoms with van der Waals surface area (Å²) in [7, 11) is 0. The molecule has 13 heavy (non-hydrogen) atoms. The zero-order chi connectivity index (χ0) is 9.73. The highest BCUT2D eigenvalue weighted by Gasteiger charge is 2.31. The first-order chi connectivity index (χ1) is 6.17. The van der Waals surface area contributed by atoms with Crippen molar-refractivity contribution in [3.63, 3.8) is 0 Å². The van der Waals surface area contributed by atoms with E-state index in [1.807, 2.05) is 6.92 Å². The summed E-state index contributed by atoms with van der Waals surface area (Å²) in [6.45, 7) is 7.43. The third kappa shape index (κ3) is 3.25. The van der Waals surface area contributed by atoms with Gasteiger partial charge in [-0.05, 0) is 24.5 Å². The summed E-state index contributed by atoms with van der Waals surface area (Å²) in [4.78, 5) is 0. The highest BCUT2D eigenvalue weighted by atomic mass is 32.2. The molecule has 1 unspecified atom stereocenters. The lowest BCUT2D eigenvalue weighted by Gasteiger charge is -2.38. The maximum Gasteiger partial charge on any atom is 0.0578 e. The Morgan fingerprint density at radius 3 is 2.92 bits per heavy atom. The fraction of sp³-hybridized carbons (Fsp3) is 0.818. The summed E-state index contributed by atoms with van der Waals surface area (Å²) in [5, 5.41) is 3.52. The van der Waals surface area contributed by atoms with Crippen LogP contribution >= 0.6 is 11.8 Å². The molecule has 0 saturated carbocycles. The minimum absolute atomic E-state index is 0.445. The van der Waals surface area contributed by atoms with Crippen molar-refractivity contribution in [1.29, 1.82) is 0 Å². The van der Waals surface area contributed by atoms with Crippen molar-refractivity contribution >= 4 is 11.8 Å². The SMILES string of the molecule is CC#CCNC1CSCCC1(C)C. The quantitative estimate of drug-likeness (QED) is 0.681. The van der Waals surface area contributed by atoms with Crippen LogP contribution in [0.3, 0.4) is 0 Å². The highest BCUT2D eigenvalue weighted by molar-refractivity contribution is 7.99. The number of rotatable bonds is 2. The van der Waals surface area contributed by atoms with Gasteiger partial charge in [0.2, 0.25) is 0 Å². The van der Waals surface area contributed by atoms with Crippen LogP contribution in [0.5, 0.6) is 0 Å². The molecule has 74 valence electrons. The van der Waals surface area contributed by atoms with E-state index in [0.29, 0.717) is 11.5 Å². The molecule has 0 spiro atoms. The summed E-state index contributed by atoms with van der Waals surface area (Å²) in [6.07, 6.45) is 1.31. The molecule has 1 nitrogen and oxygen atoms in total. The molecular weight excluding hydrogens is 178 g/mol. The average Bonchev–Trinajstić information content (AvgIpc) is 2.08. The van der Waals surface area contributed by atoms with Crippen molar-refractivity contribution in [3.8, 4) is 11.8 Å². The van der Waals surface area contributed by atoms with E-state index in [9.17, 15) is 0 Å². The van der Waals surface area contributed by atoms with Gasteiger partial charge < -0.3 is 5.32 Å². The molecule has 1 aliphatic rings. The topological polar surface area (TPSA) is 12.0 Å². The number of hydrogen-bond donors (Lipinski definition) is 1. The standard InChI is InChI=1S/C11H19NS/c1-4-5-7-12-10-9-13-8-6-11(10,2)3/h10,12H,6-9H2,1-3H3. The average molecular weight is 197 g/mol. The second-order valence-corrected chi connectivity index (χ2v) is 5.32. The second-order valence-electron chi connectivity index (χ2n) is 4.17. The Labute approximate surface area is 86.1 Å². The molecule has 1 rings (SSSR count). The van der Waals surface area contributed by atoms with Crippen LogP contribution in [0.1, 0.15) is 27.2 Å². The Balaban J connectivity index is 2.40. The maximum atomic E-state index is 3.52. The zero-order valence-corrected chi connectivity index (χ0v) is 9.63. The molecule has 0 aromatic carbocycles. The largest absolute Gasteiger partial charge is 0.302 e. The first kappa shape index (κ1) is 10.9. The van der Waals surface area contributed by atoms with Gasteiger partial charge in [-0.1, -0.05) is 19.8 Å². The molecule has 1 aliphatic heterocycles. The first-order valence-electron chi connectivity index (χ1n) is 4.87. The molecule has 0 aromatic rings. The molecule has 1 atom stereocenters. The van der Waals surface area contributed by atoms with Gasteiger partial charge in [0.1, 0.15) is 0 Å². The van der Waals surface area contributed by atoms with Crippen molar-refractivity contribution < 1.29 is 0 Å². The van der Waals surface area contributed by atoms with Gasteiger partial charge in [-0.3, -0.25) is 0 Å². The van der Waals surface area contributed by atoms with Crippen LogP contribution in [-0.2, 0) is 0 Å². The molecule has 1 heterocycles. The van der Waals surface area contributed by atoms with Gasteiger partial charge in [0.25, 0.3) is 0 Å². The van der Waals surface area contributed by atoms with E-state index in [2.05, 4.69) is 42.8 Å². The van der Waals surface area contributed by atoms with Crippen LogP contribution in [0.2, 0.25) is 0 Å². The molecule has 1 N–H and O–H groups in total. The normalized spacial score (nSPS) is 26.2. The lowest BCUT2D eigenvalue weighted by molar-refractivity contribution is 0.252. The number of thioether (sulfide) groups is 1. The molecule has 0 aromatic heterocycles. The van der Waals surface area contributed by atoms with E-state index in [1.165, 1.54) is 17.9 Å². The van der Waals surface area contributed by atoms with Crippen LogP contribution in [0, 0.1) is 17.3 Å². The van der Waals surface area contributed by atoms with E-state index in [0.717, 1.165) is 6.54 Å². The van der Waals surface area contributed by atoms with Crippen molar-refractivity contribution in [2.45, 2.75) is 33.2 Å². The van der Waals surface area contributed by atoms with Crippen molar-refractivity contribution in [2.24, 2.45) is 5.41 Å². The highest BCUT2D eigenvalue weighted by Crippen LogP contribution is 2.33. The molecule has 1 fully saturated rings. The van der Waals surface area contributed by atoms with Gasteiger partial charge in [0, 0.05) is 11.8 Å². The predicted octanol–water partition coefficient (Wildman–Crippen LogP) is 2.13. The molecule has 0 amide bonds. The van der Waals surface area contributed by atoms with Gasteiger partial charge >= 0.3 is 0 Å². The number of nitrogens with one attached hydrogen (secondary N) is 1. The smallest absolute Gasteiger partial charge is 0.0578 e. The Morgan fingerprint density at radius 2 is 2.31 bits per heavy atom. The Bertz CT molecular complexity index is 212. The first-order valence-corrected chi connectivity index (χ1v) is 6.03. The van der Waals surface area contributed by atoms with Crippen LogP contribution in [0.4, 0.5) is 0 Å². The molecule has 0 bridgehead atoms.